The molecule has 15 heavy (non-hydrogen) atoms. The molecule has 1 aromatic carbocycles. The van der Waals surface area contributed by atoms with E-state index in [0.717, 1.165) is 10.0 Å². The SMILES string of the molecule is NN1C(=O)CC(c2ccccc2Br)C1=O. The lowest BCUT2D eigenvalue weighted by atomic mass is 9.98. The number of hydrogen-bond acceptors (Lipinski definition) is 3. The summed E-state index contributed by atoms with van der Waals surface area (Å²) in [6.45, 7) is 0. The molecular formula is C10H9BrN2O2. The van der Waals surface area contributed by atoms with Crippen LogP contribution in [0.1, 0.15) is 17.9 Å². The third-order valence-electron chi connectivity index (χ3n) is 2.46. The van der Waals surface area contributed by atoms with Gasteiger partial charge in [0.15, 0.2) is 0 Å². The fourth-order valence-electron chi connectivity index (χ4n) is 1.65. The Morgan fingerprint density at radius 2 is 2.00 bits per heavy atom. The zero-order chi connectivity index (χ0) is 11.0. The number of hydrazine groups is 1. The standard InChI is InChI=1S/C10H9BrN2O2/c11-8-4-2-1-3-6(8)7-5-9(14)13(12)10(7)15/h1-4,7H,5,12H2. The molecule has 4 nitrogen and oxygen atoms in total. The topological polar surface area (TPSA) is 63.4 Å². The van der Waals surface area contributed by atoms with E-state index in [1.54, 1.807) is 0 Å². The Kier molecular flexibility index (Phi) is 2.58. The Bertz CT molecular complexity index is 433. The highest BCUT2D eigenvalue weighted by Crippen LogP contribution is 2.32. The number of carbonyl (C=O) groups is 2. The van der Waals surface area contributed by atoms with Gasteiger partial charge in [-0.3, -0.25) is 9.59 Å². The summed E-state index contributed by atoms with van der Waals surface area (Å²) in [4.78, 5) is 22.9. The zero-order valence-corrected chi connectivity index (χ0v) is 9.40. The molecule has 78 valence electrons. The minimum atomic E-state index is -0.446. The van der Waals surface area contributed by atoms with Crippen LogP contribution in [0, 0.1) is 0 Å². The molecule has 0 saturated carbocycles. The molecule has 1 heterocycles. The Labute approximate surface area is 95.1 Å². The molecule has 1 saturated heterocycles. The molecule has 1 aliphatic heterocycles. The molecule has 2 amide bonds. The summed E-state index contributed by atoms with van der Waals surface area (Å²) >= 11 is 3.35. The minimum absolute atomic E-state index is 0.151. The summed E-state index contributed by atoms with van der Waals surface area (Å²) in [6.07, 6.45) is 0.151. The van der Waals surface area contributed by atoms with Crippen LogP contribution in [-0.2, 0) is 9.59 Å². The van der Waals surface area contributed by atoms with E-state index in [2.05, 4.69) is 15.9 Å². The Balaban J connectivity index is 2.38. The van der Waals surface area contributed by atoms with E-state index in [4.69, 9.17) is 5.84 Å². The van der Waals surface area contributed by atoms with Gasteiger partial charge in [0.1, 0.15) is 0 Å². The number of benzene rings is 1. The van der Waals surface area contributed by atoms with Crippen molar-refractivity contribution in [1.82, 2.24) is 5.01 Å². The van der Waals surface area contributed by atoms with Gasteiger partial charge in [0.25, 0.3) is 5.91 Å². The third-order valence-corrected chi connectivity index (χ3v) is 3.19. The van der Waals surface area contributed by atoms with Gasteiger partial charge in [-0.05, 0) is 11.6 Å². The molecule has 2 N–H and O–H groups in total. The lowest BCUT2D eigenvalue weighted by Crippen LogP contribution is -2.36. The molecule has 1 aromatic rings. The molecule has 1 fully saturated rings. The molecule has 0 radical (unpaired) electrons. The summed E-state index contributed by atoms with van der Waals surface area (Å²) in [5, 5.41) is 0.699. The van der Waals surface area contributed by atoms with E-state index in [9.17, 15) is 9.59 Å². The van der Waals surface area contributed by atoms with Crippen LogP contribution >= 0.6 is 15.9 Å². The van der Waals surface area contributed by atoms with Crippen molar-refractivity contribution in [3.63, 3.8) is 0 Å². The van der Waals surface area contributed by atoms with E-state index < -0.39 is 5.92 Å². The Morgan fingerprint density at radius 3 is 2.53 bits per heavy atom. The molecule has 1 unspecified atom stereocenters. The molecule has 5 heteroatoms. The maximum Gasteiger partial charge on any atom is 0.251 e. The summed E-state index contributed by atoms with van der Waals surface area (Å²) in [6, 6.07) is 7.34. The van der Waals surface area contributed by atoms with Crippen LogP contribution in [-0.4, -0.2) is 16.8 Å². The van der Waals surface area contributed by atoms with E-state index in [1.165, 1.54) is 0 Å². The number of halogens is 1. The lowest BCUT2D eigenvalue weighted by molar-refractivity contribution is -0.139. The van der Waals surface area contributed by atoms with Gasteiger partial charge in [0.2, 0.25) is 5.91 Å². The molecule has 1 atom stereocenters. The molecule has 0 spiro atoms. The maximum atomic E-state index is 11.6. The number of rotatable bonds is 1. The van der Waals surface area contributed by atoms with Crippen LogP contribution in [0.15, 0.2) is 28.7 Å². The largest absolute Gasteiger partial charge is 0.273 e. The van der Waals surface area contributed by atoms with Crippen molar-refractivity contribution in [3.05, 3.63) is 34.3 Å². The second-order valence-corrected chi connectivity index (χ2v) is 4.23. The number of imide groups is 1. The van der Waals surface area contributed by atoms with Gasteiger partial charge >= 0.3 is 0 Å². The van der Waals surface area contributed by atoms with Crippen molar-refractivity contribution >= 4 is 27.7 Å². The second-order valence-electron chi connectivity index (χ2n) is 3.38. The van der Waals surface area contributed by atoms with Gasteiger partial charge in [0, 0.05) is 10.9 Å². The molecular weight excluding hydrogens is 260 g/mol. The van der Waals surface area contributed by atoms with Crippen LogP contribution in [0.3, 0.4) is 0 Å². The van der Waals surface area contributed by atoms with Crippen molar-refractivity contribution in [3.8, 4) is 0 Å². The van der Waals surface area contributed by atoms with Gasteiger partial charge in [-0.25, -0.2) is 10.9 Å². The van der Waals surface area contributed by atoms with Gasteiger partial charge in [-0.1, -0.05) is 34.1 Å². The van der Waals surface area contributed by atoms with Gasteiger partial charge < -0.3 is 0 Å². The average molecular weight is 269 g/mol. The lowest BCUT2D eigenvalue weighted by Gasteiger charge is -2.10. The summed E-state index contributed by atoms with van der Waals surface area (Å²) in [5.41, 5.74) is 0.809. The van der Waals surface area contributed by atoms with Gasteiger partial charge in [-0.2, -0.15) is 0 Å². The highest BCUT2D eigenvalue weighted by molar-refractivity contribution is 9.10. The van der Waals surface area contributed by atoms with Gasteiger partial charge in [0.05, 0.1) is 5.92 Å². The average Bonchev–Trinajstić information content (AvgIpc) is 2.47. The van der Waals surface area contributed by atoms with Crippen LogP contribution in [0.4, 0.5) is 0 Å². The number of nitrogens with zero attached hydrogens (tertiary/aromatic N) is 1. The first-order valence-electron chi connectivity index (χ1n) is 4.47. The summed E-state index contributed by atoms with van der Waals surface area (Å²) in [7, 11) is 0. The first-order valence-corrected chi connectivity index (χ1v) is 5.26. The third kappa shape index (κ3) is 1.68. The van der Waals surface area contributed by atoms with Crippen LogP contribution in [0.2, 0.25) is 0 Å². The monoisotopic (exact) mass is 268 g/mol. The molecule has 1 aliphatic rings. The predicted molar refractivity (Wildman–Crippen MR) is 57.5 cm³/mol. The van der Waals surface area contributed by atoms with Crippen LogP contribution in [0.5, 0.6) is 0 Å². The smallest absolute Gasteiger partial charge is 0.251 e. The number of hydrogen-bond donors (Lipinski definition) is 1. The first-order chi connectivity index (χ1) is 7.11. The Hall–Kier alpha value is -1.20. The van der Waals surface area contributed by atoms with Crippen LogP contribution in [0.25, 0.3) is 0 Å². The second kappa shape index (κ2) is 3.75. The normalized spacial score (nSPS) is 21.2. The summed E-state index contributed by atoms with van der Waals surface area (Å²) in [5.74, 6) is 4.20. The quantitative estimate of drug-likeness (QED) is 0.473. The van der Waals surface area contributed by atoms with Crippen molar-refractivity contribution in [2.24, 2.45) is 5.84 Å². The highest BCUT2D eigenvalue weighted by Gasteiger charge is 2.38. The van der Waals surface area contributed by atoms with Crippen LogP contribution < -0.4 is 5.84 Å². The predicted octanol–water partition coefficient (Wildman–Crippen LogP) is 1.17. The maximum absolute atomic E-state index is 11.6. The van der Waals surface area contributed by atoms with E-state index in [0.29, 0.717) is 5.01 Å². The van der Waals surface area contributed by atoms with E-state index in [1.807, 2.05) is 24.3 Å². The number of amides is 2. The van der Waals surface area contributed by atoms with E-state index in [-0.39, 0.29) is 18.2 Å². The van der Waals surface area contributed by atoms with Crippen molar-refractivity contribution in [2.45, 2.75) is 12.3 Å². The van der Waals surface area contributed by atoms with Crippen molar-refractivity contribution in [2.75, 3.05) is 0 Å². The van der Waals surface area contributed by atoms with Crippen molar-refractivity contribution in [1.29, 1.82) is 0 Å². The molecule has 0 aliphatic carbocycles. The fraction of sp³-hybridized carbons (Fsp3) is 0.200. The fourth-order valence-corrected chi connectivity index (χ4v) is 2.21. The minimum Gasteiger partial charge on any atom is -0.273 e. The van der Waals surface area contributed by atoms with Crippen molar-refractivity contribution < 1.29 is 9.59 Å². The van der Waals surface area contributed by atoms with Gasteiger partial charge in [-0.15, -0.1) is 0 Å². The zero-order valence-electron chi connectivity index (χ0n) is 7.81. The molecule has 0 bridgehead atoms. The number of nitrogens with two attached hydrogens (primary N) is 1. The highest BCUT2D eigenvalue weighted by atomic mass is 79.9. The molecule has 0 aromatic heterocycles. The molecule has 2 rings (SSSR count). The first kappa shape index (κ1) is 10.3. The van der Waals surface area contributed by atoms with E-state index >= 15 is 0 Å². The number of carbonyl (C=O) groups excluding carboxylic acids is 2. The summed E-state index contributed by atoms with van der Waals surface area (Å²) < 4.78 is 0.825. The Morgan fingerprint density at radius 1 is 1.33 bits per heavy atom.